The highest BCUT2D eigenvalue weighted by molar-refractivity contribution is 6.03. The predicted octanol–water partition coefficient (Wildman–Crippen LogP) is 2.80. The number of hydrogen-bond acceptors (Lipinski definition) is 6. The van der Waals surface area contributed by atoms with Crippen LogP contribution in [0, 0.1) is 10.1 Å². The standard InChI is InChI=1S/C18H14N2O6/c1-25-16-7-6-12(20(23)24)8-11(16)10-26-18(22)14-9-17(21)19-15-5-3-2-4-13(14)15/h2-9H,10H2,1H3,(H,19,21). The Kier molecular flexibility index (Phi) is 4.66. The Hall–Kier alpha value is -3.68. The molecule has 0 spiro atoms. The van der Waals surface area contributed by atoms with Crippen molar-refractivity contribution in [3.63, 3.8) is 0 Å². The largest absolute Gasteiger partial charge is 0.496 e. The Morgan fingerprint density at radius 1 is 1.19 bits per heavy atom. The Bertz CT molecular complexity index is 1060. The molecule has 8 nitrogen and oxygen atoms in total. The number of nitro groups is 1. The van der Waals surface area contributed by atoms with Gasteiger partial charge in [0.2, 0.25) is 5.56 Å². The first-order valence-corrected chi connectivity index (χ1v) is 7.60. The van der Waals surface area contributed by atoms with Crippen LogP contribution in [0.4, 0.5) is 5.69 Å². The fourth-order valence-electron chi connectivity index (χ4n) is 2.59. The number of ether oxygens (including phenoxy) is 2. The van der Waals surface area contributed by atoms with Crippen molar-refractivity contribution in [3.8, 4) is 5.75 Å². The van der Waals surface area contributed by atoms with Crippen molar-refractivity contribution in [1.29, 1.82) is 0 Å². The third-order valence-electron chi connectivity index (χ3n) is 3.80. The molecule has 0 aliphatic rings. The molecule has 0 unspecified atom stereocenters. The number of H-pyrrole nitrogens is 1. The molecule has 132 valence electrons. The third kappa shape index (κ3) is 3.39. The second-order valence-corrected chi connectivity index (χ2v) is 5.42. The minimum Gasteiger partial charge on any atom is -0.496 e. The maximum atomic E-state index is 12.5. The molecule has 0 radical (unpaired) electrons. The molecule has 3 aromatic rings. The van der Waals surface area contributed by atoms with E-state index in [0.717, 1.165) is 6.07 Å². The molecule has 0 aliphatic carbocycles. The maximum Gasteiger partial charge on any atom is 0.339 e. The summed E-state index contributed by atoms with van der Waals surface area (Å²) < 4.78 is 10.4. The summed E-state index contributed by atoms with van der Waals surface area (Å²) in [4.78, 5) is 37.2. The second kappa shape index (κ2) is 7.06. The molecule has 1 aromatic heterocycles. The summed E-state index contributed by atoms with van der Waals surface area (Å²) >= 11 is 0. The number of benzene rings is 2. The lowest BCUT2D eigenvalue weighted by molar-refractivity contribution is -0.385. The van der Waals surface area contributed by atoms with E-state index >= 15 is 0 Å². The van der Waals surface area contributed by atoms with E-state index in [0.29, 0.717) is 22.2 Å². The minimum absolute atomic E-state index is 0.119. The normalized spacial score (nSPS) is 10.5. The number of carbonyl (C=O) groups excluding carboxylic acids is 1. The van der Waals surface area contributed by atoms with Crippen LogP contribution in [0.2, 0.25) is 0 Å². The van der Waals surface area contributed by atoms with Gasteiger partial charge in [-0.2, -0.15) is 0 Å². The van der Waals surface area contributed by atoms with Crippen molar-refractivity contribution in [2.75, 3.05) is 7.11 Å². The third-order valence-corrected chi connectivity index (χ3v) is 3.80. The lowest BCUT2D eigenvalue weighted by Crippen LogP contribution is -2.13. The summed E-state index contributed by atoms with van der Waals surface area (Å²) in [6.07, 6.45) is 0. The number of carbonyl (C=O) groups is 1. The van der Waals surface area contributed by atoms with Crippen molar-refractivity contribution in [2.45, 2.75) is 6.61 Å². The number of non-ortho nitro benzene ring substituents is 1. The van der Waals surface area contributed by atoms with Crippen molar-refractivity contribution in [2.24, 2.45) is 0 Å². The molecule has 0 amide bonds. The summed E-state index contributed by atoms with van der Waals surface area (Å²) in [5.74, 6) is -0.347. The van der Waals surface area contributed by atoms with Crippen LogP contribution in [0.1, 0.15) is 15.9 Å². The first-order valence-electron chi connectivity index (χ1n) is 7.60. The quantitative estimate of drug-likeness (QED) is 0.428. The molecule has 0 saturated carbocycles. The van der Waals surface area contributed by atoms with Crippen LogP contribution in [0.25, 0.3) is 10.9 Å². The molecule has 0 saturated heterocycles. The highest BCUT2D eigenvalue weighted by atomic mass is 16.6. The summed E-state index contributed by atoms with van der Waals surface area (Å²) in [5, 5.41) is 11.5. The molecular weight excluding hydrogens is 340 g/mol. The molecule has 1 N–H and O–H groups in total. The van der Waals surface area contributed by atoms with E-state index < -0.39 is 16.5 Å². The van der Waals surface area contributed by atoms with E-state index in [1.54, 1.807) is 24.3 Å². The van der Waals surface area contributed by atoms with Gasteiger partial charge in [0.05, 0.1) is 17.6 Å². The lowest BCUT2D eigenvalue weighted by Gasteiger charge is -2.10. The predicted molar refractivity (Wildman–Crippen MR) is 93.3 cm³/mol. The van der Waals surface area contributed by atoms with Gasteiger partial charge in [0.15, 0.2) is 0 Å². The van der Waals surface area contributed by atoms with Crippen molar-refractivity contribution < 1.29 is 19.2 Å². The van der Waals surface area contributed by atoms with Crippen LogP contribution in [-0.2, 0) is 11.3 Å². The molecule has 0 aliphatic heterocycles. The van der Waals surface area contributed by atoms with Crippen LogP contribution >= 0.6 is 0 Å². The van der Waals surface area contributed by atoms with Gasteiger partial charge in [0.25, 0.3) is 5.69 Å². The summed E-state index contributed by atoms with van der Waals surface area (Å²) in [5.41, 5.74) is 0.417. The summed E-state index contributed by atoms with van der Waals surface area (Å²) in [7, 11) is 1.41. The molecule has 8 heteroatoms. The smallest absolute Gasteiger partial charge is 0.339 e. The van der Waals surface area contributed by atoms with E-state index in [9.17, 15) is 19.7 Å². The molecule has 1 heterocycles. The topological polar surface area (TPSA) is 112 Å². The van der Waals surface area contributed by atoms with E-state index in [-0.39, 0.29) is 17.9 Å². The summed E-state index contributed by atoms with van der Waals surface area (Å²) in [6, 6.07) is 12.0. The highest BCUT2D eigenvalue weighted by Crippen LogP contribution is 2.25. The number of hydrogen-bond donors (Lipinski definition) is 1. The number of nitrogens with zero attached hydrogens (tertiary/aromatic N) is 1. The van der Waals surface area contributed by atoms with Crippen LogP contribution in [0.3, 0.4) is 0 Å². The highest BCUT2D eigenvalue weighted by Gasteiger charge is 2.16. The molecule has 0 bridgehead atoms. The van der Waals surface area contributed by atoms with Gasteiger partial charge in [0, 0.05) is 34.7 Å². The van der Waals surface area contributed by atoms with Gasteiger partial charge in [-0.05, 0) is 12.1 Å². The van der Waals surface area contributed by atoms with Crippen LogP contribution in [-0.4, -0.2) is 23.0 Å². The minimum atomic E-state index is -0.708. The second-order valence-electron chi connectivity index (χ2n) is 5.42. The maximum absolute atomic E-state index is 12.5. The monoisotopic (exact) mass is 354 g/mol. The lowest BCUT2D eigenvalue weighted by atomic mass is 10.1. The van der Waals surface area contributed by atoms with E-state index in [1.165, 1.54) is 25.3 Å². The van der Waals surface area contributed by atoms with Gasteiger partial charge in [-0.1, -0.05) is 18.2 Å². The Labute approximate surface area is 147 Å². The number of aromatic nitrogens is 1. The van der Waals surface area contributed by atoms with Crippen LogP contribution < -0.4 is 10.3 Å². The molecule has 26 heavy (non-hydrogen) atoms. The van der Waals surface area contributed by atoms with Crippen LogP contribution in [0.5, 0.6) is 5.75 Å². The average Bonchev–Trinajstić information content (AvgIpc) is 2.64. The number of aromatic amines is 1. The fourth-order valence-corrected chi connectivity index (χ4v) is 2.59. The van der Waals surface area contributed by atoms with Gasteiger partial charge in [-0.15, -0.1) is 0 Å². The molecule has 3 rings (SSSR count). The Morgan fingerprint density at radius 3 is 2.69 bits per heavy atom. The number of esters is 1. The van der Waals surface area contributed by atoms with Gasteiger partial charge in [-0.25, -0.2) is 4.79 Å². The number of nitro benzene ring substituents is 1. The van der Waals surface area contributed by atoms with Gasteiger partial charge >= 0.3 is 5.97 Å². The van der Waals surface area contributed by atoms with E-state index in [4.69, 9.17) is 9.47 Å². The van der Waals surface area contributed by atoms with E-state index in [1.807, 2.05) is 0 Å². The first-order chi connectivity index (χ1) is 12.5. The van der Waals surface area contributed by atoms with Gasteiger partial charge < -0.3 is 14.5 Å². The number of rotatable bonds is 5. The molecule has 2 aromatic carbocycles. The molecular formula is C18H14N2O6. The number of methoxy groups -OCH3 is 1. The summed E-state index contributed by atoms with van der Waals surface area (Å²) in [6.45, 7) is -0.231. The van der Waals surface area contributed by atoms with Crippen LogP contribution in [0.15, 0.2) is 53.3 Å². The first kappa shape index (κ1) is 17.2. The molecule has 0 fully saturated rings. The number of nitrogens with one attached hydrogen (secondary N) is 1. The van der Waals surface area contributed by atoms with Crippen molar-refractivity contribution in [1.82, 2.24) is 4.98 Å². The zero-order chi connectivity index (χ0) is 18.7. The zero-order valence-electron chi connectivity index (χ0n) is 13.7. The van der Waals surface area contributed by atoms with Crippen molar-refractivity contribution in [3.05, 3.63) is 80.1 Å². The number of fused-ring (bicyclic) bond motifs is 1. The van der Waals surface area contributed by atoms with Crippen molar-refractivity contribution >= 4 is 22.6 Å². The van der Waals surface area contributed by atoms with E-state index in [2.05, 4.69) is 4.98 Å². The van der Waals surface area contributed by atoms with Gasteiger partial charge in [0.1, 0.15) is 12.4 Å². The van der Waals surface area contributed by atoms with Gasteiger partial charge in [-0.3, -0.25) is 14.9 Å². The fraction of sp³-hybridized carbons (Fsp3) is 0.111. The Morgan fingerprint density at radius 2 is 1.96 bits per heavy atom. The zero-order valence-corrected chi connectivity index (χ0v) is 13.7. The number of pyridine rings is 1. The number of para-hydroxylation sites is 1. The molecule has 0 atom stereocenters. The Balaban J connectivity index is 1.89. The average molecular weight is 354 g/mol. The SMILES string of the molecule is COc1ccc([N+](=O)[O-])cc1COC(=O)c1cc(=O)[nH]c2ccccc12.